The Balaban J connectivity index is 3.06. The van der Waals surface area contributed by atoms with Gasteiger partial charge >= 0.3 is 6.18 Å². The molecule has 1 aromatic carbocycles. The lowest BCUT2D eigenvalue weighted by Gasteiger charge is -2.09. The molecule has 0 heterocycles. The maximum absolute atomic E-state index is 11.9. The molecule has 1 nitrogen and oxygen atoms in total. The normalized spacial score (nSPS) is 11.5. The van der Waals surface area contributed by atoms with Gasteiger partial charge < -0.3 is 5.73 Å². The second-order valence-corrected chi connectivity index (χ2v) is 2.08. The van der Waals surface area contributed by atoms with Crippen LogP contribution in [0, 0.1) is 0 Å². The summed E-state index contributed by atoms with van der Waals surface area (Å²) in [6.07, 6.45) is -4.34. The molecule has 1 rings (SSSR count). The van der Waals surface area contributed by atoms with E-state index in [1.807, 2.05) is 0 Å². The van der Waals surface area contributed by atoms with Gasteiger partial charge in [-0.25, -0.2) is 0 Å². The van der Waals surface area contributed by atoms with Crippen LogP contribution in [-0.2, 0) is 6.18 Å². The zero-order valence-electron chi connectivity index (χ0n) is 5.44. The smallest absolute Gasteiger partial charge is 0.416 e. The van der Waals surface area contributed by atoms with Gasteiger partial charge in [-0.15, -0.1) is 5.69 Å². The Morgan fingerprint density at radius 3 is 2.18 bits per heavy atom. The highest BCUT2D eigenvalue weighted by Gasteiger charge is 2.29. The summed E-state index contributed by atoms with van der Waals surface area (Å²) in [7, 11) is 0. The Bertz CT molecular complexity index is 254. The Morgan fingerprint density at radius 1 is 1.18 bits per heavy atom. The number of hydrogen-bond acceptors (Lipinski definition) is 0. The van der Waals surface area contributed by atoms with Crippen LogP contribution in [0.25, 0.3) is 5.73 Å². The van der Waals surface area contributed by atoms with E-state index >= 15 is 0 Å². The predicted molar refractivity (Wildman–Crippen MR) is 35.4 cm³/mol. The Kier molecular flexibility index (Phi) is 1.76. The highest BCUT2D eigenvalue weighted by molar-refractivity contribution is 5.45. The third kappa shape index (κ3) is 1.86. The molecule has 1 N–H and O–H groups in total. The van der Waals surface area contributed by atoms with Gasteiger partial charge in [0, 0.05) is 0 Å². The average molecular weight is 160 g/mol. The van der Waals surface area contributed by atoms with Crippen LogP contribution in [0.2, 0.25) is 0 Å². The molecule has 0 aromatic heterocycles. The van der Waals surface area contributed by atoms with Crippen molar-refractivity contribution < 1.29 is 13.2 Å². The summed E-state index contributed by atoms with van der Waals surface area (Å²) < 4.78 is 35.7. The minimum atomic E-state index is -4.34. The van der Waals surface area contributed by atoms with Crippen LogP contribution in [0.4, 0.5) is 18.9 Å². The van der Waals surface area contributed by atoms with Crippen LogP contribution < -0.4 is 0 Å². The van der Waals surface area contributed by atoms with Gasteiger partial charge in [0.1, 0.15) is 0 Å². The summed E-state index contributed by atoms with van der Waals surface area (Å²) in [4.78, 5) is 0. The molecule has 0 spiro atoms. The molecular formula is C7H5F3N-. The van der Waals surface area contributed by atoms with Gasteiger partial charge in [-0.3, -0.25) is 0 Å². The second-order valence-electron chi connectivity index (χ2n) is 2.08. The largest absolute Gasteiger partial charge is 0.699 e. The van der Waals surface area contributed by atoms with E-state index in [1.54, 1.807) is 0 Å². The molecular weight excluding hydrogens is 155 g/mol. The van der Waals surface area contributed by atoms with E-state index in [4.69, 9.17) is 5.73 Å². The Morgan fingerprint density at radius 2 is 1.82 bits per heavy atom. The highest BCUT2D eigenvalue weighted by atomic mass is 19.4. The first-order valence-electron chi connectivity index (χ1n) is 2.89. The van der Waals surface area contributed by atoms with Gasteiger partial charge in [0.25, 0.3) is 0 Å². The molecule has 0 aliphatic heterocycles. The van der Waals surface area contributed by atoms with Crippen LogP contribution in [0.15, 0.2) is 24.3 Å². The van der Waals surface area contributed by atoms with E-state index in [0.29, 0.717) is 0 Å². The van der Waals surface area contributed by atoms with E-state index in [9.17, 15) is 13.2 Å². The molecule has 0 bridgehead atoms. The van der Waals surface area contributed by atoms with Crippen LogP contribution in [-0.4, -0.2) is 0 Å². The molecule has 0 saturated heterocycles. The van der Waals surface area contributed by atoms with E-state index in [0.717, 1.165) is 12.1 Å². The summed E-state index contributed by atoms with van der Waals surface area (Å²) in [5, 5.41) is 0. The van der Waals surface area contributed by atoms with E-state index in [1.165, 1.54) is 12.1 Å². The van der Waals surface area contributed by atoms with Crippen molar-refractivity contribution in [2.24, 2.45) is 0 Å². The summed E-state index contributed by atoms with van der Waals surface area (Å²) >= 11 is 0. The van der Waals surface area contributed by atoms with Gasteiger partial charge in [0.15, 0.2) is 0 Å². The first-order valence-corrected chi connectivity index (χ1v) is 2.89. The first kappa shape index (κ1) is 7.91. The summed E-state index contributed by atoms with van der Waals surface area (Å²) in [5.41, 5.74) is 6.02. The topological polar surface area (TPSA) is 23.8 Å². The molecule has 0 radical (unpaired) electrons. The van der Waals surface area contributed by atoms with Crippen molar-refractivity contribution in [1.82, 2.24) is 0 Å². The third-order valence-electron chi connectivity index (χ3n) is 1.19. The molecule has 0 unspecified atom stereocenters. The van der Waals surface area contributed by atoms with Crippen LogP contribution in [0.5, 0.6) is 0 Å². The lowest BCUT2D eigenvalue weighted by molar-refractivity contribution is -0.137. The fraction of sp³-hybridized carbons (Fsp3) is 0.143. The summed E-state index contributed by atoms with van der Waals surface area (Å²) in [5.74, 6) is 0. The predicted octanol–water partition coefficient (Wildman–Crippen LogP) is 3.39. The number of hydrogen-bond donors (Lipinski definition) is 0. The Labute approximate surface area is 61.6 Å². The van der Waals surface area contributed by atoms with Crippen molar-refractivity contribution in [2.45, 2.75) is 6.18 Å². The highest BCUT2D eigenvalue weighted by Crippen LogP contribution is 2.30. The average Bonchev–Trinajstić information content (AvgIpc) is 1.86. The van der Waals surface area contributed by atoms with E-state index in [-0.39, 0.29) is 5.69 Å². The minimum Gasteiger partial charge on any atom is -0.699 e. The fourth-order valence-electron chi connectivity index (χ4n) is 0.696. The van der Waals surface area contributed by atoms with E-state index < -0.39 is 11.7 Å². The molecule has 0 atom stereocenters. The Hall–Kier alpha value is -1.19. The van der Waals surface area contributed by atoms with Crippen LogP contribution >= 0.6 is 0 Å². The fourth-order valence-corrected chi connectivity index (χ4v) is 0.696. The van der Waals surface area contributed by atoms with Gasteiger partial charge in [-0.05, 0) is 0 Å². The minimum absolute atomic E-state index is 0.125. The van der Waals surface area contributed by atoms with Gasteiger partial charge in [0.2, 0.25) is 0 Å². The SMILES string of the molecule is [NH-]c1cccc(C(F)(F)F)c1. The molecule has 60 valence electrons. The molecule has 0 aliphatic rings. The van der Waals surface area contributed by atoms with Gasteiger partial charge in [-0.2, -0.15) is 13.2 Å². The number of rotatable bonds is 0. The number of halogens is 3. The quantitative estimate of drug-likeness (QED) is 0.555. The maximum atomic E-state index is 11.9. The molecule has 0 fully saturated rings. The molecule has 11 heavy (non-hydrogen) atoms. The lowest BCUT2D eigenvalue weighted by atomic mass is 10.2. The van der Waals surface area contributed by atoms with Crippen LogP contribution in [0.3, 0.4) is 0 Å². The number of nitrogens with one attached hydrogen (secondary N) is 1. The lowest BCUT2D eigenvalue weighted by Crippen LogP contribution is -2.03. The number of alkyl halides is 3. The van der Waals surface area contributed by atoms with Crippen molar-refractivity contribution in [1.29, 1.82) is 0 Å². The molecule has 4 heteroatoms. The molecule has 0 aliphatic carbocycles. The first-order chi connectivity index (χ1) is 5.00. The monoisotopic (exact) mass is 160 g/mol. The van der Waals surface area contributed by atoms with Gasteiger partial charge in [0.05, 0.1) is 5.56 Å². The molecule has 0 amide bonds. The summed E-state index contributed by atoms with van der Waals surface area (Å²) in [6.45, 7) is 0. The van der Waals surface area contributed by atoms with Crippen molar-refractivity contribution in [3.05, 3.63) is 35.6 Å². The van der Waals surface area contributed by atoms with Crippen LogP contribution in [0.1, 0.15) is 5.56 Å². The molecule has 1 aromatic rings. The van der Waals surface area contributed by atoms with Crippen molar-refractivity contribution in [2.75, 3.05) is 0 Å². The van der Waals surface area contributed by atoms with Crippen molar-refractivity contribution in [3.63, 3.8) is 0 Å². The maximum Gasteiger partial charge on any atom is 0.416 e. The summed E-state index contributed by atoms with van der Waals surface area (Å²) in [6, 6.07) is 4.25. The second kappa shape index (κ2) is 2.45. The van der Waals surface area contributed by atoms with Gasteiger partial charge in [-0.1, -0.05) is 24.3 Å². The van der Waals surface area contributed by atoms with Crippen molar-refractivity contribution >= 4 is 5.69 Å². The molecule has 0 saturated carbocycles. The zero-order chi connectivity index (χ0) is 8.48. The van der Waals surface area contributed by atoms with E-state index in [2.05, 4.69) is 0 Å². The van der Waals surface area contributed by atoms with Crippen molar-refractivity contribution in [3.8, 4) is 0 Å². The number of benzene rings is 1. The third-order valence-corrected chi connectivity index (χ3v) is 1.19. The standard InChI is InChI=1S/C7H5F3N/c8-7(9,10)5-2-1-3-6(11)4-5/h1-4,11H/q-1. The zero-order valence-corrected chi connectivity index (χ0v) is 5.44.